The van der Waals surface area contributed by atoms with Crippen molar-refractivity contribution >= 4 is 10.0 Å². The van der Waals surface area contributed by atoms with Crippen molar-refractivity contribution in [2.24, 2.45) is 5.92 Å². The minimum Gasteiger partial charge on any atom is -0.379 e. The maximum Gasteiger partial charge on any atom is 0.211 e. The average molecular weight is 353 g/mol. The quantitative estimate of drug-likeness (QED) is 0.810. The number of benzene rings is 1. The Bertz CT molecular complexity index is 616. The van der Waals surface area contributed by atoms with E-state index in [1.54, 1.807) is 4.31 Å². The normalized spacial score (nSPS) is 21.9. The molecular weight excluding hydrogens is 324 g/mol. The molecule has 0 N–H and O–H groups in total. The zero-order valence-corrected chi connectivity index (χ0v) is 15.3. The van der Waals surface area contributed by atoms with Gasteiger partial charge in [-0.1, -0.05) is 24.3 Å². The highest BCUT2D eigenvalue weighted by molar-refractivity contribution is 7.88. The van der Waals surface area contributed by atoms with Crippen LogP contribution in [0.3, 0.4) is 0 Å². The number of ether oxygens (including phenoxy) is 1. The Morgan fingerprint density at radius 2 is 1.58 bits per heavy atom. The lowest BCUT2D eigenvalue weighted by Gasteiger charge is -2.30. The van der Waals surface area contributed by atoms with Gasteiger partial charge in [0.05, 0.1) is 19.5 Å². The van der Waals surface area contributed by atoms with Gasteiger partial charge in [-0.2, -0.15) is 0 Å². The minimum atomic E-state index is -3.02. The highest BCUT2D eigenvalue weighted by Crippen LogP contribution is 2.23. The highest BCUT2D eigenvalue weighted by atomic mass is 32.2. The molecule has 6 heteroatoms. The van der Waals surface area contributed by atoms with E-state index < -0.39 is 10.0 Å². The Kier molecular flexibility index (Phi) is 5.92. The molecule has 0 amide bonds. The first-order chi connectivity index (χ1) is 11.5. The van der Waals surface area contributed by atoms with E-state index in [-0.39, 0.29) is 0 Å². The van der Waals surface area contributed by atoms with E-state index in [1.807, 2.05) is 0 Å². The molecule has 0 aromatic heterocycles. The summed E-state index contributed by atoms with van der Waals surface area (Å²) in [4.78, 5) is 2.43. The van der Waals surface area contributed by atoms with Gasteiger partial charge in [0.25, 0.3) is 0 Å². The molecule has 134 valence electrons. The molecule has 1 aromatic rings. The molecule has 0 atom stereocenters. The van der Waals surface area contributed by atoms with Crippen molar-refractivity contribution in [1.82, 2.24) is 9.21 Å². The molecule has 0 aliphatic carbocycles. The fourth-order valence-corrected chi connectivity index (χ4v) is 4.45. The second-order valence-corrected chi connectivity index (χ2v) is 9.00. The maximum absolute atomic E-state index is 11.6. The molecule has 0 radical (unpaired) electrons. The monoisotopic (exact) mass is 352 g/mol. The number of piperidine rings is 1. The summed E-state index contributed by atoms with van der Waals surface area (Å²) in [5, 5.41) is 0. The van der Waals surface area contributed by atoms with Crippen molar-refractivity contribution in [2.75, 3.05) is 45.6 Å². The SMILES string of the molecule is CS(=O)(=O)N1CCC(Cc2ccc(CN3CCOCC3)cc2)CC1. The van der Waals surface area contributed by atoms with Crippen molar-refractivity contribution in [3.63, 3.8) is 0 Å². The third-order valence-corrected chi connectivity index (χ3v) is 6.40. The lowest BCUT2D eigenvalue weighted by atomic mass is 9.91. The second kappa shape index (κ2) is 7.95. The van der Waals surface area contributed by atoms with Crippen LogP contribution in [-0.4, -0.2) is 63.3 Å². The molecule has 3 rings (SSSR count). The first-order valence-electron chi connectivity index (χ1n) is 8.84. The number of nitrogens with zero attached hydrogens (tertiary/aromatic N) is 2. The van der Waals surface area contributed by atoms with Gasteiger partial charge in [0.1, 0.15) is 0 Å². The number of morpholine rings is 1. The van der Waals surface area contributed by atoms with E-state index in [1.165, 1.54) is 17.4 Å². The summed E-state index contributed by atoms with van der Waals surface area (Å²) in [6, 6.07) is 8.93. The molecule has 24 heavy (non-hydrogen) atoms. The van der Waals surface area contributed by atoms with Crippen LogP contribution in [0.1, 0.15) is 24.0 Å². The first-order valence-corrected chi connectivity index (χ1v) is 10.7. The van der Waals surface area contributed by atoms with E-state index in [4.69, 9.17) is 4.74 Å². The fourth-order valence-electron chi connectivity index (χ4n) is 3.58. The Labute approximate surface area is 145 Å². The van der Waals surface area contributed by atoms with E-state index in [0.29, 0.717) is 19.0 Å². The summed E-state index contributed by atoms with van der Waals surface area (Å²) in [6.45, 7) is 6.03. The zero-order chi connectivity index (χ0) is 17.0. The number of rotatable bonds is 5. The van der Waals surface area contributed by atoms with E-state index in [9.17, 15) is 8.42 Å². The molecule has 2 aliphatic rings. The molecular formula is C18H28N2O3S. The van der Waals surface area contributed by atoms with Gasteiger partial charge < -0.3 is 4.74 Å². The molecule has 1 aromatic carbocycles. The zero-order valence-electron chi connectivity index (χ0n) is 14.5. The van der Waals surface area contributed by atoms with Gasteiger partial charge in [0.2, 0.25) is 10.0 Å². The summed E-state index contributed by atoms with van der Waals surface area (Å²) in [7, 11) is -3.02. The molecule has 2 saturated heterocycles. The summed E-state index contributed by atoms with van der Waals surface area (Å²) in [5.74, 6) is 0.591. The van der Waals surface area contributed by atoms with Crippen molar-refractivity contribution in [3.05, 3.63) is 35.4 Å². The minimum absolute atomic E-state index is 0.591. The van der Waals surface area contributed by atoms with Crippen molar-refractivity contribution < 1.29 is 13.2 Å². The number of hydrogen-bond acceptors (Lipinski definition) is 4. The van der Waals surface area contributed by atoms with Gasteiger partial charge >= 0.3 is 0 Å². The standard InChI is InChI=1S/C18H28N2O3S/c1-24(21,22)20-8-6-17(7-9-20)14-16-2-4-18(5-3-16)15-19-10-12-23-13-11-19/h2-5,17H,6-15H2,1H3. The van der Waals surface area contributed by atoms with Gasteiger partial charge in [-0.05, 0) is 36.3 Å². The largest absolute Gasteiger partial charge is 0.379 e. The molecule has 0 bridgehead atoms. The van der Waals surface area contributed by atoms with Gasteiger partial charge in [-0.15, -0.1) is 0 Å². The van der Waals surface area contributed by atoms with Crippen LogP contribution in [0.4, 0.5) is 0 Å². The van der Waals surface area contributed by atoms with Crippen LogP contribution in [-0.2, 0) is 27.7 Å². The van der Waals surface area contributed by atoms with E-state index in [0.717, 1.165) is 52.1 Å². The van der Waals surface area contributed by atoms with Crippen LogP contribution in [0.25, 0.3) is 0 Å². The number of sulfonamides is 1. The number of hydrogen-bond donors (Lipinski definition) is 0. The van der Waals surface area contributed by atoms with Crippen molar-refractivity contribution in [2.45, 2.75) is 25.8 Å². The van der Waals surface area contributed by atoms with Crippen LogP contribution in [0.15, 0.2) is 24.3 Å². The predicted octanol–water partition coefficient (Wildman–Crippen LogP) is 1.73. The van der Waals surface area contributed by atoms with Gasteiger partial charge in [-0.3, -0.25) is 4.90 Å². The molecule has 5 nitrogen and oxygen atoms in total. The molecule has 2 heterocycles. The van der Waals surface area contributed by atoms with Gasteiger partial charge in [-0.25, -0.2) is 12.7 Å². The molecule has 2 fully saturated rings. The van der Waals surface area contributed by atoms with Crippen LogP contribution < -0.4 is 0 Å². The summed E-state index contributed by atoms with van der Waals surface area (Å²) in [5.41, 5.74) is 2.71. The third-order valence-electron chi connectivity index (χ3n) is 5.10. The Morgan fingerprint density at radius 1 is 1.00 bits per heavy atom. The third kappa shape index (κ3) is 5.02. The molecule has 0 spiro atoms. The summed E-state index contributed by atoms with van der Waals surface area (Å²) in [6.07, 6.45) is 4.28. The fraction of sp³-hybridized carbons (Fsp3) is 0.667. The second-order valence-electron chi connectivity index (χ2n) is 7.01. The molecule has 0 saturated carbocycles. The smallest absolute Gasteiger partial charge is 0.211 e. The topological polar surface area (TPSA) is 49.9 Å². The van der Waals surface area contributed by atoms with Crippen LogP contribution in [0.5, 0.6) is 0 Å². The lowest BCUT2D eigenvalue weighted by Crippen LogP contribution is -2.38. The maximum atomic E-state index is 11.6. The predicted molar refractivity (Wildman–Crippen MR) is 95.4 cm³/mol. The summed E-state index contributed by atoms with van der Waals surface area (Å²) < 4.78 is 30.1. The van der Waals surface area contributed by atoms with Gasteiger partial charge in [0.15, 0.2) is 0 Å². The summed E-state index contributed by atoms with van der Waals surface area (Å²) >= 11 is 0. The molecule has 2 aliphatic heterocycles. The van der Waals surface area contributed by atoms with Crippen molar-refractivity contribution in [3.8, 4) is 0 Å². The van der Waals surface area contributed by atoms with E-state index in [2.05, 4.69) is 29.2 Å². The van der Waals surface area contributed by atoms with Crippen molar-refractivity contribution in [1.29, 1.82) is 0 Å². The van der Waals surface area contributed by atoms with Gasteiger partial charge in [0, 0.05) is 32.7 Å². The highest BCUT2D eigenvalue weighted by Gasteiger charge is 2.24. The Morgan fingerprint density at radius 3 is 2.17 bits per heavy atom. The average Bonchev–Trinajstić information content (AvgIpc) is 2.57. The van der Waals surface area contributed by atoms with Crippen LogP contribution in [0.2, 0.25) is 0 Å². The Balaban J connectivity index is 1.48. The lowest BCUT2D eigenvalue weighted by molar-refractivity contribution is 0.0342. The van der Waals surface area contributed by atoms with Crippen LogP contribution >= 0.6 is 0 Å². The van der Waals surface area contributed by atoms with E-state index >= 15 is 0 Å². The van der Waals surface area contributed by atoms with Crippen LogP contribution in [0, 0.1) is 5.92 Å². The Hall–Kier alpha value is -0.950. The first kappa shape index (κ1) is 17.9. The molecule has 0 unspecified atom stereocenters.